The predicted octanol–water partition coefficient (Wildman–Crippen LogP) is 14.0. The average Bonchev–Trinajstić information content (AvgIpc) is 3.92. The van der Waals surface area contributed by atoms with E-state index in [1.165, 1.54) is 81.8 Å². The lowest BCUT2D eigenvalue weighted by Gasteiger charge is -2.13. The van der Waals surface area contributed by atoms with Gasteiger partial charge in [0.2, 0.25) is 0 Å². The fraction of sp³-hybridized carbons (Fsp3) is 0. The molecule has 4 heteroatoms. The molecular formula is C54H32N4. The van der Waals surface area contributed by atoms with Gasteiger partial charge < -0.3 is 8.97 Å². The van der Waals surface area contributed by atoms with Crippen molar-refractivity contribution in [2.75, 3.05) is 0 Å². The van der Waals surface area contributed by atoms with E-state index < -0.39 is 0 Å². The van der Waals surface area contributed by atoms with Crippen LogP contribution in [0.1, 0.15) is 0 Å². The molecule has 0 aliphatic heterocycles. The smallest absolute Gasteiger partial charge is 0.0973 e. The maximum absolute atomic E-state index is 5.26. The predicted molar refractivity (Wildman–Crippen MR) is 242 cm³/mol. The zero-order valence-electron chi connectivity index (χ0n) is 31.3. The minimum Gasteiger partial charge on any atom is -0.309 e. The molecule has 0 spiro atoms. The van der Waals surface area contributed by atoms with E-state index in [4.69, 9.17) is 9.97 Å². The minimum atomic E-state index is 0.866. The fourth-order valence-electron chi connectivity index (χ4n) is 9.60. The normalized spacial score (nSPS) is 12.1. The maximum atomic E-state index is 5.26. The summed E-state index contributed by atoms with van der Waals surface area (Å²) in [6, 6.07) is 69.9. The van der Waals surface area contributed by atoms with Crippen molar-refractivity contribution in [3.63, 3.8) is 0 Å². The van der Waals surface area contributed by atoms with Crippen molar-refractivity contribution in [1.29, 1.82) is 0 Å². The van der Waals surface area contributed by atoms with Crippen molar-refractivity contribution in [2.24, 2.45) is 0 Å². The van der Waals surface area contributed by atoms with Crippen LogP contribution in [0, 0.1) is 0 Å². The Hall–Kier alpha value is -7.82. The summed E-state index contributed by atoms with van der Waals surface area (Å²) in [5, 5.41) is 10.1. The van der Waals surface area contributed by atoms with E-state index in [0.29, 0.717) is 0 Å². The highest BCUT2D eigenvalue weighted by Crippen LogP contribution is 2.47. The van der Waals surface area contributed by atoms with Crippen molar-refractivity contribution in [3.8, 4) is 39.3 Å². The van der Waals surface area contributed by atoms with E-state index in [-0.39, 0.29) is 0 Å². The standard InChI is InChI=1S/C54H32N4/c1-2-12-33(13-3-1)34-22-24-35(25-23-34)52-53(56-45-19-9-8-18-44(45)55-52)36-26-28-39(29-27-36)57-48-31-38-15-5-4-14-37(38)30-43(48)50-49(57)32-42-40-16-6-10-20-46(40)58-47-21-11-7-17-41(47)51(50)54(42)58/h1-32H. The SMILES string of the molecule is c1ccc(-c2ccc(-c3nc4ccccc4nc3-c3ccc(-n4c5cc6ccccc6cc5c5c6c7ccccc7n7c8ccccc8c(cc54)c67)cc3)cc2)cc1. The van der Waals surface area contributed by atoms with Gasteiger partial charge in [-0.15, -0.1) is 0 Å². The highest BCUT2D eigenvalue weighted by molar-refractivity contribution is 6.36. The molecule has 4 nitrogen and oxygen atoms in total. The van der Waals surface area contributed by atoms with Crippen LogP contribution < -0.4 is 0 Å². The molecule has 4 aromatic heterocycles. The first-order valence-electron chi connectivity index (χ1n) is 19.8. The van der Waals surface area contributed by atoms with Crippen LogP contribution >= 0.6 is 0 Å². The summed E-state index contributed by atoms with van der Waals surface area (Å²) >= 11 is 0. The molecule has 0 bridgehead atoms. The third-order valence-electron chi connectivity index (χ3n) is 12.2. The Morgan fingerprint density at radius 3 is 1.57 bits per heavy atom. The number of fused-ring (bicyclic) bond motifs is 12. The van der Waals surface area contributed by atoms with Gasteiger partial charge in [0, 0.05) is 49.1 Å². The van der Waals surface area contributed by atoms with Gasteiger partial charge in [0.15, 0.2) is 0 Å². The van der Waals surface area contributed by atoms with Gasteiger partial charge in [0.05, 0.1) is 50.0 Å². The molecule has 0 fully saturated rings. The molecule has 0 aliphatic rings. The van der Waals surface area contributed by atoms with Crippen molar-refractivity contribution in [1.82, 2.24) is 18.9 Å². The van der Waals surface area contributed by atoms with Crippen LogP contribution in [-0.2, 0) is 0 Å². The van der Waals surface area contributed by atoms with E-state index in [0.717, 1.165) is 39.2 Å². The number of aromatic nitrogens is 4. The molecule has 0 saturated heterocycles. The van der Waals surface area contributed by atoms with E-state index in [2.05, 4.69) is 179 Å². The van der Waals surface area contributed by atoms with E-state index >= 15 is 0 Å². The van der Waals surface area contributed by atoms with Crippen LogP contribution in [0.3, 0.4) is 0 Å². The number of rotatable bonds is 4. The van der Waals surface area contributed by atoms with Gasteiger partial charge in [-0.1, -0.05) is 140 Å². The zero-order valence-corrected chi connectivity index (χ0v) is 31.3. The molecule has 0 N–H and O–H groups in total. The first-order valence-corrected chi connectivity index (χ1v) is 19.8. The molecule has 9 aromatic carbocycles. The van der Waals surface area contributed by atoms with Crippen molar-refractivity contribution >= 4 is 81.7 Å². The molecule has 0 amide bonds. The summed E-state index contributed by atoms with van der Waals surface area (Å²) in [6.45, 7) is 0. The first-order chi connectivity index (χ1) is 28.8. The molecule has 268 valence electrons. The van der Waals surface area contributed by atoms with Gasteiger partial charge in [0.1, 0.15) is 0 Å². The largest absolute Gasteiger partial charge is 0.309 e. The van der Waals surface area contributed by atoms with E-state index in [1.807, 2.05) is 24.3 Å². The summed E-state index contributed by atoms with van der Waals surface area (Å²) in [6.07, 6.45) is 0. The summed E-state index contributed by atoms with van der Waals surface area (Å²) in [7, 11) is 0. The van der Waals surface area contributed by atoms with Gasteiger partial charge in [-0.3, -0.25) is 0 Å². The number of nitrogens with zero attached hydrogens (tertiary/aromatic N) is 4. The summed E-state index contributed by atoms with van der Waals surface area (Å²) in [5.41, 5.74) is 15.2. The fourth-order valence-corrected chi connectivity index (χ4v) is 9.60. The van der Waals surface area contributed by atoms with Gasteiger partial charge in [-0.05, 0) is 76.5 Å². The van der Waals surface area contributed by atoms with Crippen LogP contribution in [0.15, 0.2) is 194 Å². The lowest BCUT2D eigenvalue weighted by atomic mass is 9.99. The number of hydrogen-bond acceptors (Lipinski definition) is 2. The Balaban J connectivity index is 1.06. The van der Waals surface area contributed by atoms with Gasteiger partial charge in [0.25, 0.3) is 0 Å². The summed E-state index contributed by atoms with van der Waals surface area (Å²) < 4.78 is 4.95. The molecule has 0 unspecified atom stereocenters. The molecular weight excluding hydrogens is 705 g/mol. The first kappa shape index (κ1) is 31.4. The van der Waals surface area contributed by atoms with Crippen molar-refractivity contribution in [2.45, 2.75) is 0 Å². The Kier molecular flexibility index (Phi) is 6.41. The Bertz CT molecular complexity index is 3760. The molecule has 13 aromatic rings. The second-order valence-electron chi connectivity index (χ2n) is 15.4. The van der Waals surface area contributed by atoms with Crippen LogP contribution in [0.25, 0.3) is 121 Å². The highest BCUT2D eigenvalue weighted by atomic mass is 15.0. The molecule has 0 radical (unpaired) electrons. The summed E-state index contributed by atoms with van der Waals surface area (Å²) in [4.78, 5) is 10.5. The minimum absolute atomic E-state index is 0.866. The molecule has 4 heterocycles. The molecule has 13 rings (SSSR count). The van der Waals surface area contributed by atoms with E-state index in [9.17, 15) is 0 Å². The number of benzene rings is 9. The second-order valence-corrected chi connectivity index (χ2v) is 15.4. The van der Waals surface area contributed by atoms with Crippen LogP contribution in [-0.4, -0.2) is 18.9 Å². The quantitative estimate of drug-likeness (QED) is 0.180. The second kappa shape index (κ2) is 11.8. The zero-order chi connectivity index (χ0) is 37.9. The van der Waals surface area contributed by atoms with Crippen molar-refractivity contribution in [3.05, 3.63) is 194 Å². The molecule has 0 atom stereocenters. The van der Waals surface area contributed by atoms with Crippen LogP contribution in [0.5, 0.6) is 0 Å². The number of hydrogen-bond donors (Lipinski definition) is 0. The third kappa shape index (κ3) is 4.40. The highest BCUT2D eigenvalue weighted by Gasteiger charge is 2.24. The number of para-hydroxylation sites is 4. The Labute approximate surface area is 332 Å². The lowest BCUT2D eigenvalue weighted by molar-refractivity contribution is 1.18. The van der Waals surface area contributed by atoms with Crippen LogP contribution in [0.2, 0.25) is 0 Å². The maximum Gasteiger partial charge on any atom is 0.0973 e. The van der Waals surface area contributed by atoms with Gasteiger partial charge in [-0.25, -0.2) is 9.97 Å². The Morgan fingerprint density at radius 2 is 0.862 bits per heavy atom. The van der Waals surface area contributed by atoms with Gasteiger partial charge in [-0.2, -0.15) is 0 Å². The van der Waals surface area contributed by atoms with Crippen molar-refractivity contribution < 1.29 is 0 Å². The molecule has 0 aliphatic carbocycles. The van der Waals surface area contributed by atoms with Gasteiger partial charge >= 0.3 is 0 Å². The Morgan fingerprint density at radius 1 is 0.328 bits per heavy atom. The summed E-state index contributed by atoms with van der Waals surface area (Å²) in [5.74, 6) is 0. The monoisotopic (exact) mass is 736 g/mol. The van der Waals surface area contributed by atoms with E-state index in [1.54, 1.807) is 0 Å². The lowest BCUT2D eigenvalue weighted by Crippen LogP contribution is -1.97. The average molecular weight is 737 g/mol. The van der Waals surface area contributed by atoms with Crippen LogP contribution in [0.4, 0.5) is 0 Å². The third-order valence-corrected chi connectivity index (χ3v) is 12.2. The topological polar surface area (TPSA) is 35.1 Å². The molecule has 0 saturated carbocycles. The molecule has 58 heavy (non-hydrogen) atoms.